The van der Waals surface area contributed by atoms with Crippen LogP contribution in [0.3, 0.4) is 0 Å². The lowest BCUT2D eigenvalue weighted by Gasteiger charge is -1.86. The van der Waals surface area contributed by atoms with Crippen LogP contribution >= 0.6 is 0 Å². The van der Waals surface area contributed by atoms with Crippen LogP contribution in [0.4, 0.5) is 0 Å². The van der Waals surface area contributed by atoms with E-state index in [1.807, 2.05) is 13.0 Å². The Bertz CT molecular complexity index is 287. The Morgan fingerprint density at radius 3 is 3.20 bits per heavy atom. The molecule has 2 rings (SSSR count). The topological polar surface area (TPSA) is 51.8 Å². The standard InChI is InChI=1S/C6H5N3O/c1-4-2-5-3-10-9-8-6(5)7-4/h2-3H,1H3. The molecule has 0 N–H and O–H groups in total. The van der Waals surface area contributed by atoms with Crippen molar-refractivity contribution in [3.8, 4) is 11.4 Å². The average Bonchev–Trinajstić information content (AvgIpc) is 2.27. The largest absolute Gasteiger partial charge is 0.346 e. The average molecular weight is 135 g/mol. The van der Waals surface area contributed by atoms with Crippen LogP contribution in [0, 0.1) is 6.92 Å². The van der Waals surface area contributed by atoms with Gasteiger partial charge < -0.3 is 4.52 Å². The van der Waals surface area contributed by atoms with Crippen LogP contribution in [0.15, 0.2) is 16.9 Å². The summed E-state index contributed by atoms with van der Waals surface area (Å²) in [4.78, 5) is 4.08. The van der Waals surface area contributed by atoms with Crippen LogP contribution in [0.5, 0.6) is 0 Å². The van der Waals surface area contributed by atoms with Crippen LogP contribution in [0.25, 0.3) is 11.4 Å². The first-order chi connectivity index (χ1) is 4.86. The third-order valence-electron chi connectivity index (χ3n) is 1.27. The lowest BCUT2D eigenvalue weighted by Crippen LogP contribution is -1.84. The Kier molecular flexibility index (Phi) is 0.943. The summed E-state index contributed by atoms with van der Waals surface area (Å²) >= 11 is 0. The highest BCUT2D eigenvalue weighted by atomic mass is 16.5. The Morgan fingerprint density at radius 2 is 2.40 bits per heavy atom. The van der Waals surface area contributed by atoms with E-state index in [0.717, 1.165) is 11.3 Å². The van der Waals surface area contributed by atoms with E-state index in [2.05, 4.69) is 19.9 Å². The first-order valence-corrected chi connectivity index (χ1v) is 2.91. The first-order valence-electron chi connectivity index (χ1n) is 2.91. The molecule has 0 atom stereocenters. The van der Waals surface area contributed by atoms with Gasteiger partial charge in [-0.05, 0) is 13.0 Å². The van der Waals surface area contributed by atoms with Crippen LogP contribution < -0.4 is 0 Å². The van der Waals surface area contributed by atoms with E-state index in [-0.39, 0.29) is 0 Å². The normalized spacial score (nSPS) is 10.5. The van der Waals surface area contributed by atoms with Gasteiger partial charge in [0.05, 0.1) is 5.56 Å². The molecule has 0 saturated carbocycles. The van der Waals surface area contributed by atoms with E-state index in [4.69, 9.17) is 0 Å². The summed E-state index contributed by atoms with van der Waals surface area (Å²) in [7, 11) is 0. The van der Waals surface area contributed by atoms with Crippen molar-refractivity contribution in [1.82, 2.24) is 15.4 Å². The van der Waals surface area contributed by atoms with E-state index < -0.39 is 0 Å². The summed E-state index contributed by atoms with van der Waals surface area (Å²) in [5.74, 6) is 0.642. The van der Waals surface area contributed by atoms with Crippen LogP contribution in [-0.4, -0.2) is 15.4 Å². The summed E-state index contributed by atoms with van der Waals surface area (Å²) in [6.45, 7) is 1.90. The molecular weight excluding hydrogens is 130 g/mol. The molecule has 0 fully saturated rings. The number of hydrogen-bond acceptors (Lipinski definition) is 4. The summed E-state index contributed by atoms with van der Waals surface area (Å²) < 4.78 is 4.60. The highest BCUT2D eigenvalue weighted by molar-refractivity contribution is 5.55. The molecule has 4 heteroatoms. The van der Waals surface area contributed by atoms with Crippen molar-refractivity contribution in [2.24, 2.45) is 0 Å². The second-order valence-corrected chi connectivity index (χ2v) is 2.08. The maximum atomic E-state index is 4.60. The zero-order valence-corrected chi connectivity index (χ0v) is 5.40. The summed E-state index contributed by atoms with van der Waals surface area (Å²) in [5.41, 5.74) is 1.83. The minimum atomic E-state index is 0.642. The molecule has 0 radical (unpaired) electrons. The van der Waals surface area contributed by atoms with Crippen LogP contribution in [-0.2, 0) is 0 Å². The number of aryl methyl sites for hydroxylation is 1. The van der Waals surface area contributed by atoms with Gasteiger partial charge in [0.2, 0.25) is 0 Å². The molecular formula is C6H5N3O. The van der Waals surface area contributed by atoms with E-state index in [1.54, 1.807) is 0 Å². The molecule has 0 aromatic heterocycles. The number of aromatic nitrogens is 3. The Labute approximate surface area is 57.2 Å². The van der Waals surface area contributed by atoms with Crippen molar-refractivity contribution < 1.29 is 4.52 Å². The molecule has 0 bridgehead atoms. The molecule has 0 amide bonds. The van der Waals surface area contributed by atoms with Gasteiger partial charge >= 0.3 is 0 Å². The number of rotatable bonds is 0. The zero-order valence-electron chi connectivity index (χ0n) is 5.40. The smallest absolute Gasteiger partial charge is 0.188 e. The van der Waals surface area contributed by atoms with Gasteiger partial charge in [0.25, 0.3) is 0 Å². The molecule has 2 aliphatic heterocycles. The Morgan fingerprint density at radius 1 is 1.50 bits per heavy atom. The van der Waals surface area contributed by atoms with Crippen LogP contribution in [0.1, 0.15) is 5.69 Å². The number of fused-ring (bicyclic) bond motifs is 1. The van der Waals surface area contributed by atoms with E-state index in [9.17, 15) is 0 Å². The molecule has 0 aromatic rings. The van der Waals surface area contributed by atoms with E-state index in [1.165, 1.54) is 6.26 Å². The van der Waals surface area contributed by atoms with Crippen LogP contribution in [0.2, 0.25) is 0 Å². The lowest BCUT2D eigenvalue weighted by atomic mass is 10.3. The Hall–Kier alpha value is -1.45. The second-order valence-electron chi connectivity index (χ2n) is 2.08. The first kappa shape index (κ1) is 5.34. The fourth-order valence-corrected chi connectivity index (χ4v) is 0.863. The van der Waals surface area contributed by atoms with Crippen molar-refractivity contribution in [1.29, 1.82) is 0 Å². The third kappa shape index (κ3) is 0.655. The van der Waals surface area contributed by atoms with Crippen molar-refractivity contribution in [2.75, 3.05) is 0 Å². The van der Waals surface area contributed by atoms with Gasteiger partial charge in [-0.2, -0.15) is 0 Å². The molecule has 0 unspecified atom stereocenters. The van der Waals surface area contributed by atoms with E-state index in [0.29, 0.717) is 5.82 Å². The highest BCUT2D eigenvalue weighted by Crippen LogP contribution is 2.16. The fourth-order valence-electron chi connectivity index (χ4n) is 0.863. The maximum absolute atomic E-state index is 4.60. The van der Waals surface area contributed by atoms with Crippen molar-refractivity contribution in [3.05, 3.63) is 18.0 Å². The number of hydrogen-bond donors (Lipinski definition) is 0. The molecule has 0 spiro atoms. The number of nitrogens with zero attached hydrogens (tertiary/aromatic N) is 3. The molecule has 2 aliphatic rings. The minimum Gasteiger partial charge on any atom is -0.346 e. The summed E-state index contributed by atoms with van der Waals surface area (Å²) in [5, 5.41) is 7.01. The lowest BCUT2D eigenvalue weighted by molar-refractivity contribution is 0.360. The fraction of sp³-hybridized carbons (Fsp3) is 0.167. The SMILES string of the molecule is Cc1cc2connc-2n1. The molecule has 4 nitrogen and oxygen atoms in total. The predicted octanol–water partition coefficient (Wildman–Crippen LogP) is 0.878. The van der Waals surface area contributed by atoms with Gasteiger partial charge in [-0.25, -0.2) is 4.98 Å². The van der Waals surface area contributed by atoms with Gasteiger partial charge in [0.1, 0.15) is 6.26 Å². The highest BCUT2D eigenvalue weighted by Gasteiger charge is 2.06. The molecule has 0 saturated heterocycles. The van der Waals surface area contributed by atoms with Crippen molar-refractivity contribution in [2.45, 2.75) is 6.92 Å². The van der Waals surface area contributed by atoms with Gasteiger partial charge in [0, 0.05) is 11.0 Å². The maximum Gasteiger partial charge on any atom is 0.188 e. The third-order valence-corrected chi connectivity index (χ3v) is 1.27. The molecule has 50 valence electrons. The quantitative estimate of drug-likeness (QED) is 0.538. The Balaban J connectivity index is 2.76. The second kappa shape index (κ2) is 1.76. The monoisotopic (exact) mass is 135 g/mol. The van der Waals surface area contributed by atoms with Gasteiger partial charge in [-0.15, -0.1) is 0 Å². The molecule has 0 aromatic carbocycles. The van der Waals surface area contributed by atoms with Crippen molar-refractivity contribution in [3.63, 3.8) is 0 Å². The molecule has 0 aliphatic carbocycles. The summed E-state index contributed by atoms with van der Waals surface area (Å²) in [6.07, 6.45) is 1.53. The zero-order chi connectivity index (χ0) is 6.97. The summed E-state index contributed by atoms with van der Waals surface area (Å²) in [6, 6.07) is 1.90. The minimum absolute atomic E-state index is 0.642. The van der Waals surface area contributed by atoms with Gasteiger partial charge in [-0.3, -0.25) is 0 Å². The van der Waals surface area contributed by atoms with Gasteiger partial charge in [-0.1, -0.05) is 5.10 Å². The van der Waals surface area contributed by atoms with Crippen molar-refractivity contribution >= 4 is 0 Å². The molecule has 2 heterocycles. The van der Waals surface area contributed by atoms with E-state index >= 15 is 0 Å². The molecule has 10 heavy (non-hydrogen) atoms. The predicted molar refractivity (Wildman–Crippen MR) is 33.5 cm³/mol. The van der Waals surface area contributed by atoms with Gasteiger partial charge in [0.15, 0.2) is 5.82 Å².